The van der Waals surface area contributed by atoms with Crippen molar-refractivity contribution in [2.75, 3.05) is 13.2 Å². The Morgan fingerprint density at radius 2 is 2.04 bits per heavy atom. The van der Waals surface area contributed by atoms with Gasteiger partial charge in [-0.25, -0.2) is 5.43 Å². The standard InChI is InChI=1S/C17H15BrCl2N2O4/c1-2-25-15-6-10(5-12(18)17(15)24)8-21-22-16(23)9-26-14-4-3-11(19)7-13(14)20/h3-8,24H,2,9H2,1H3,(H,22,23)/b21-8-. The molecule has 2 N–H and O–H groups in total. The summed E-state index contributed by atoms with van der Waals surface area (Å²) >= 11 is 15.0. The number of amides is 1. The third kappa shape index (κ3) is 5.79. The molecule has 0 aliphatic rings. The average molecular weight is 462 g/mol. The summed E-state index contributed by atoms with van der Waals surface area (Å²) < 4.78 is 11.1. The number of hydrogen-bond acceptors (Lipinski definition) is 5. The molecule has 0 radical (unpaired) electrons. The Kier molecular flexibility index (Phi) is 7.56. The molecule has 6 nitrogen and oxygen atoms in total. The first-order valence-electron chi connectivity index (χ1n) is 7.45. The lowest BCUT2D eigenvalue weighted by Gasteiger charge is -2.08. The highest BCUT2D eigenvalue weighted by Crippen LogP contribution is 2.35. The maximum atomic E-state index is 11.8. The number of ether oxygens (including phenoxy) is 2. The van der Waals surface area contributed by atoms with Crippen molar-refractivity contribution in [2.45, 2.75) is 6.92 Å². The lowest BCUT2D eigenvalue weighted by molar-refractivity contribution is -0.123. The highest BCUT2D eigenvalue weighted by molar-refractivity contribution is 9.10. The molecule has 0 atom stereocenters. The van der Waals surface area contributed by atoms with Crippen LogP contribution in [0.15, 0.2) is 39.9 Å². The van der Waals surface area contributed by atoms with Crippen molar-refractivity contribution in [2.24, 2.45) is 5.10 Å². The average Bonchev–Trinajstić information content (AvgIpc) is 2.58. The number of carbonyl (C=O) groups is 1. The number of nitrogens with zero attached hydrogens (tertiary/aromatic N) is 1. The predicted octanol–water partition coefficient (Wildman–Crippen LogP) is 4.39. The van der Waals surface area contributed by atoms with E-state index in [1.165, 1.54) is 12.3 Å². The van der Waals surface area contributed by atoms with Crippen LogP contribution < -0.4 is 14.9 Å². The van der Waals surface area contributed by atoms with Gasteiger partial charge in [0.15, 0.2) is 18.1 Å². The van der Waals surface area contributed by atoms with Crippen molar-refractivity contribution >= 4 is 51.3 Å². The highest BCUT2D eigenvalue weighted by Gasteiger charge is 2.09. The maximum Gasteiger partial charge on any atom is 0.277 e. The second kappa shape index (κ2) is 9.66. The number of aromatic hydroxyl groups is 1. The van der Waals surface area contributed by atoms with Crippen molar-refractivity contribution < 1.29 is 19.4 Å². The summed E-state index contributed by atoms with van der Waals surface area (Å²) in [5, 5.41) is 14.5. The van der Waals surface area contributed by atoms with Gasteiger partial charge in [-0.3, -0.25) is 4.79 Å². The Balaban J connectivity index is 1.92. The van der Waals surface area contributed by atoms with E-state index in [9.17, 15) is 9.90 Å². The molecule has 0 aliphatic heterocycles. The lowest BCUT2D eigenvalue weighted by Crippen LogP contribution is -2.24. The van der Waals surface area contributed by atoms with E-state index >= 15 is 0 Å². The minimum Gasteiger partial charge on any atom is -0.503 e. The summed E-state index contributed by atoms with van der Waals surface area (Å²) in [7, 11) is 0. The molecule has 26 heavy (non-hydrogen) atoms. The molecule has 0 heterocycles. The number of carbonyl (C=O) groups excluding carboxylic acids is 1. The van der Waals surface area contributed by atoms with E-state index in [1.54, 1.807) is 31.2 Å². The first-order chi connectivity index (χ1) is 12.4. The molecular weight excluding hydrogens is 447 g/mol. The molecular formula is C17H15BrCl2N2O4. The quantitative estimate of drug-likeness (QED) is 0.473. The molecule has 0 bridgehead atoms. The van der Waals surface area contributed by atoms with Crippen molar-refractivity contribution in [1.82, 2.24) is 5.43 Å². The van der Waals surface area contributed by atoms with Gasteiger partial charge in [0.2, 0.25) is 0 Å². The Morgan fingerprint density at radius 3 is 2.73 bits per heavy atom. The molecule has 2 aromatic carbocycles. The summed E-state index contributed by atoms with van der Waals surface area (Å²) in [4.78, 5) is 11.8. The van der Waals surface area contributed by atoms with E-state index in [0.29, 0.717) is 38.2 Å². The fraction of sp³-hybridized carbons (Fsp3) is 0.176. The Bertz CT molecular complexity index is 831. The summed E-state index contributed by atoms with van der Waals surface area (Å²) in [6.07, 6.45) is 1.42. The first kappa shape index (κ1) is 20.4. The van der Waals surface area contributed by atoms with Crippen LogP contribution in [0.4, 0.5) is 0 Å². The number of phenolic OH excluding ortho intramolecular Hbond substituents is 1. The number of nitrogens with one attached hydrogen (secondary N) is 1. The molecule has 0 unspecified atom stereocenters. The maximum absolute atomic E-state index is 11.8. The fourth-order valence-corrected chi connectivity index (χ4v) is 2.80. The Labute approximate surface area is 168 Å². The van der Waals surface area contributed by atoms with Gasteiger partial charge in [0.25, 0.3) is 5.91 Å². The highest BCUT2D eigenvalue weighted by atomic mass is 79.9. The van der Waals surface area contributed by atoms with Crippen LogP contribution in [0.2, 0.25) is 10.0 Å². The zero-order valence-corrected chi connectivity index (χ0v) is 16.7. The van der Waals surface area contributed by atoms with Crippen molar-refractivity contribution in [3.8, 4) is 17.2 Å². The Morgan fingerprint density at radius 1 is 1.27 bits per heavy atom. The van der Waals surface area contributed by atoms with Gasteiger partial charge >= 0.3 is 0 Å². The molecule has 138 valence electrons. The normalized spacial score (nSPS) is 10.8. The van der Waals surface area contributed by atoms with Crippen LogP contribution >= 0.6 is 39.1 Å². The number of halogens is 3. The van der Waals surface area contributed by atoms with E-state index in [4.69, 9.17) is 32.7 Å². The van der Waals surface area contributed by atoms with Crippen LogP contribution in [0.5, 0.6) is 17.2 Å². The minimum atomic E-state index is -0.463. The van der Waals surface area contributed by atoms with Crippen molar-refractivity contribution in [3.63, 3.8) is 0 Å². The SMILES string of the molecule is CCOc1cc(/C=N\NC(=O)COc2ccc(Cl)cc2Cl)cc(Br)c1O. The summed E-state index contributed by atoms with van der Waals surface area (Å²) in [6, 6.07) is 7.94. The topological polar surface area (TPSA) is 80.2 Å². The lowest BCUT2D eigenvalue weighted by atomic mass is 10.2. The fourth-order valence-electron chi connectivity index (χ4n) is 1.88. The first-order valence-corrected chi connectivity index (χ1v) is 9.00. The van der Waals surface area contributed by atoms with Gasteiger partial charge in [0, 0.05) is 5.02 Å². The molecule has 0 saturated carbocycles. The number of rotatable bonds is 7. The molecule has 0 aliphatic carbocycles. The summed E-state index contributed by atoms with van der Waals surface area (Å²) in [5.41, 5.74) is 2.96. The zero-order chi connectivity index (χ0) is 19.1. The smallest absolute Gasteiger partial charge is 0.277 e. The van der Waals surface area contributed by atoms with E-state index < -0.39 is 5.91 Å². The van der Waals surface area contributed by atoms with E-state index in [1.807, 2.05) is 0 Å². The number of benzene rings is 2. The van der Waals surface area contributed by atoms with Gasteiger partial charge in [-0.15, -0.1) is 0 Å². The van der Waals surface area contributed by atoms with Gasteiger partial charge in [0.1, 0.15) is 5.75 Å². The molecule has 0 saturated heterocycles. The molecule has 1 amide bonds. The molecule has 2 aromatic rings. The van der Waals surface area contributed by atoms with Crippen LogP contribution in [0.3, 0.4) is 0 Å². The van der Waals surface area contributed by atoms with Crippen LogP contribution in [0.1, 0.15) is 12.5 Å². The largest absolute Gasteiger partial charge is 0.503 e. The van der Waals surface area contributed by atoms with E-state index in [2.05, 4.69) is 26.5 Å². The predicted molar refractivity (Wildman–Crippen MR) is 105 cm³/mol. The van der Waals surface area contributed by atoms with Gasteiger partial charge in [-0.2, -0.15) is 5.10 Å². The summed E-state index contributed by atoms with van der Waals surface area (Å²) in [6.45, 7) is 1.95. The molecule has 2 rings (SSSR count). The number of hydrazone groups is 1. The van der Waals surface area contributed by atoms with E-state index in [-0.39, 0.29) is 12.4 Å². The second-order valence-electron chi connectivity index (χ2n) is 4.94. The van der Waals surface area contributed by atoms with Crippen molar-refractivity contribution in [3.05, 3.63) is 50.4 Å². The zero-order valence-electron chi connectivity index (χ0n) is 13.6. The molecule has 9 heteroatoms. The number of phenols is 1. The van der Waals surface area contributed by atoms with Gasteiger partial charge < -0.3 is 14.6 Å². The third-order valence-corrected chi connectivity index (χ3v) is 4.14. The van der Waals surface area contributed by atoms with E-state index in [0.717, 1.165) is 0 Å². The number of hydrogen-bond donors (Lipinski definition) is 2. The van der Waals surface area contributed by atoms with Gasteiger partial charge in [-0.05, 0) is 58.7 Å². The van der Waals surface area contributed by atoms with Crippen LogP contribution in [-0.4, -0.2) is 30.4 Å². The molecule has 0 fully saturated rings. The minimum absolute atomic E-state index is 0.00118. The molecule has 0 spiro atoms. The monoisotopic (exact) mass is 460 g/mol. The van der Waals surface area contributed by atoms with Gasteiger partial charge in [-0.1, -0.05) is 23.2 Å². The molecule has 0 aromatic heterocycles. The third-order valence-electron chi connectivity index (χ3n) is 3.01. The van der Waals surface area contributed by atoms with Crippen molar-refractivity contribution in [1.29, 1.82) is 0 Å². The van der Waals surface area contributed by atoms with Crippen LogP contribution in [0.25, 0.3) is 0 Å². The second-order valence-corrected chi connectivity index (χ2v) is 6.64. The van der Waals surface area contributed by atoms with Crippen LogP contribution in [-0.2, 0) is 4.79 Å². The van der Waals surface area contributed by atoms with Gasteiger partial charge in [0.05, 0.1) is 22.3 Å². The Hall–Kier alpha value is -1.96. The summed E-state index contributed by atoms with van der Waals surface area (Å²) in [5.74, 6) is 0.200. The van der Waals surface area contributed by atoms with Crippen LogP contribution in [0, 0.1) is 0 Å².